The Morgan fingerprint density at radius 1 is 1.00 bits per heavy atom. The van der Waals surface area contributed by atoms with Crippen LogP contribution in [0.15, 0.2) is 82.8 Å². The standard InChI is InChI=1S/C23H22FN3O5S2/c1-32-20-10-6-16(7-11-20)23-15-22(17-4-3-5-19(14-17)26-33(2,28)29)25-27(23)34(30,31)21-12-8-18(24)9-13-21/h3-14,23,26H,15H2,1-2H3/t23-/m1/s1. The van der Waals surface area contributed by atoms with E-state index in [0.717, 1.165) is 22.8 Å². The average molecular weight is 504 g/mol. The highest BCUT2D eigenvalue weighted by Crippen LogP contribution is 2.38. The first kappa shape index (κ1) is 23.7. The molecule has 0 radical (unpaired) electrons. The highest BCUT2D eigenvalue weighted by Gasteiger charge is 2.37. The van der Waals surface area contributed by atoms with Gasteiger partial charge in [0.25, 0.3) is 10.0 Å². The molecule has 0 fully saturated rings. The van der Waals surface area contributed by atoms with Crippen molar-refractivity contribution >= 4 is 31.4 Å². The molecule has 0 unspecified atom stereocenters. The summed E-state index contributed by atoms with van der Waals surface area (Å²) in [6, 6.07) is 17.4. The summed E-state index contributed by atoms with van der Waals surface area (Å²) in [5, 5.41) is 4.43. The zero-order chi connectivity index (χ0) is 24.5. The number of nitrogens with zero attached hydrogens (tertiary/aromatic N) is 2. The molecule has 1 N–H and O–H groups in total. The summed E-state index contributed by atoms with van der Waals surface area (Å²) in [4.78, 5) is -0.0927. The van der Waals surface area contributed by atoms with Gasteiger partial charge < -0.3 is 4.74 Å². The van der Waals surface area contributed by atoms with Crippen LogP contribution in [0.5, 0.6) is 5.75 Å². The van der Waals surface area contributed by atoms with E-state index >= 15 is 0 Å². The normalized spacial score (nSPS) is 16.3. The van der Waals surface area contributed by atoms with Gasteiger partial charge in [-0.25, -0.2) is 12.8 Å². The molecule has 1 heterocycles. The summed E-state index contributed by atoms with van der Waals surface area (Å²) in [7, 11) is -6.07. The van der Waals surface area contributed by atoms with Crippen molar-refractivity contribution in [2.75, 3.05) is 18.1 Å². The number of ether oxygens (including phenoxy) is 1. The van der Waals surface area contributed by atoms with Crippen molar-refractivity contribution in [1.29, 1.82) is 0 Å². The van der Waals surface area contributed by atoms with Crippen molar-refractivity contribution in [2.24, 2.45) is 5.10 Å². The van der Waals surface area contributed by atoms with Crippen molar-refractivity contribution in [3.05, 3.63) is 89.7 Å². The van der Waals surface area contributed by atoms with Crippen LogP contribution < -0.4 is 9.46 Å². The fraction of sp³-hybridized carbons (Fsp3) is 0.174. The van der Waals surface area contributed by atoms with Crippen LogP contribution in [0.3, 0.4) is 0 Å². The summed E-state index contributed by atoms with van der Waals surface area (Å²) in [5.74, 6) is 0.0711. The maximum absolute atomic E-state index is 13.5. The Bertz CT molecular complexity index is 1440. The lowest BCUT2D eigenvalue weighted by Crippen LogP contribution is -2.27. The molecule has 0 saturated carbocycles. The van der Waals surface area contributed by atoms with E-state index < -0.39 is 31.9 Å². The number of methoxy groups -OCH3 is 1. The van der Waals surface area contributed by atoms with Gasteiger partial charge in [-0.3, -0.25) is 4.72 Å². The third-order valence-corrected chi connectivity index (χ3v) is 7.53. The van der Waals surface area contributed by atoms with E-state index in [9.17, 15) is 21.2 Å². The highest BCUT2D eigenvalue weighted by atomic mass is 32.2. The Morgan fingerprint density at radius 2 is 1.68 bits per heavy atom. The van der Waals surface area contributed by atoms with E-state index in [-0.39, 0.29) is 11.3 Å². The number of hydrogen-bond acceptors (Lipinski definition) is 6. The van der Waals surface area contributed by atoms with Gasteiger partial charge in [0.15, 0.2) is 0 Å². The van der Waals surface area contributed by atoms with E-state index in [1.165, 1.54) is 19.2 Å². The van der Waals surface area contributed by atoms with Gasteiger partial charge in [-0.2, -0.15) is 17.9 Å². The van der Waals surface area contributed by atoms with Gasteiger partial charge in [-0.15, -0.1) is 0 Å². The van der Waals surface area contributed by atoms with Crippen LogP contribution in [-0.2, 0) is 20.0 Å². The molecule has 0 amide bonds. The lowest BCUT2D eigenvalue weighted by atomic mass is 9.99. The van der Waals surface area contributed by atoms with Crippen LogP contribution in [0.25, 0.3) is 0 Å². The minimum absolute atomic E-state index is 0.0927. The first-order valence-electron chi connectivity index (χ1n) is 10.2. The lowest BCUT2D eigenvalue weighted by molar-refractivity contribution is 0.370. The predicted octanol–water partition coefficient (Wildman–Crippen LogP) is 3.75. The topological polar surface area (TPSA) is 105 Å². The van der Waals surface area contributed by atoms with Gasteiger partial charge in [0.1, 0.15) is 11.6 Å². The second kappa shape index (κ2) is 9.07. The smallest absolute Gasteiger partial charge is 0.279 e. The van der Waals surface area contributed by atoms with Crippen molar-refractivity contribution in [3.63, 3.8) is 0 Å². The van der Waals surface area contributed by atoms with Crippen LogP contribution in [0.1, 0.15) is 23.6 Å². The van der Waals surface area contributed by atoms with Gasteiger partial charge in [-0.05, 0) is 59.7 Å². The fourth-order valence-corrected chi connectivity index (χ4v) is 5.64. The summed E-state index contributed by atoms with van der Waals surface area (Å²) < 4.78 is 72.2. The molecule has 3 aromatic carbocycles. The third-order valence-electron chi connectivity index (χ3n) is 5.23. The van der Waals surface area contributed by atoms with Crippen molar-refractivity contribution in [1.82, 2.24) is 4.41 Å². The van der Waals surface area contributed by atoms with E-state index in [4.69, 9.17) is 4.74 Å². The van der Waals surface area contributed by atoms with E-state index in [2.05, 4.69) is 9.82 Å². The molecule has 0 bridgehead atoms. The quantitative estimate of drug-likeness (QED) is 0.529. The van der Waals surface area contributed by atoms with Crippen molar-refractivity contribution < 1.29 is 26.0 Å². The number of rotatable bonds is 7. The highest BCUT2D eigenvalue weighted by molar-refractivity contribution is 7.92. The molecule has 178 valence electrons. The largest absolute Gasteiger partial charge is 0.497 e. The van der Waals surface area contributed by atoms with Crippen LogP contribution in [0.2, 0.25) is 0 Å². The fourth-order valence-electron chi connectivity index (χ4n) is 3.65. The average Bonchev–Trinajstić information content (AvgIpc) is 3.25. The maximum atomic E-state index is 13.5. The van der Waals surface area contributed by atoms with Crippen molar-refractivity contribution in [3.8, 4) is 5.75 Å². The van der Waals surface area contributed by atoms with Gasteiger partial charge in [0.2, 0.25) is 10.0 Å². The summed E-state index contributed by atoms with van der Waals surface area (Å²) in [6.07, 6.45) is 1.29. The molecule has 1 atom stereocenters. The van der Waals surface area contributed by atoms with Crippen LogP contribution in [0, 0.1) is 5.82 Å². The minimum atomic E-state index is -4.11. The first-order chi connectivity index (χ1) is 16.1. The first-order valence-corrected chi connectivity index (χ1v) is 13.5. The number of hydrazone groups is 1. The zero-order valence-electron chi connectivity index (χ0n) is 18.3. The summed E-state index contributed by atoms with van der Waals surface area (Å²) in [5.41, 5.74) is 2.06. The molecule has 1 aliphatic heterocycles. The maximum Gasteiger partial charge on any atom is 0.279 e. The molecule has 0 aliphatic carbocycles. The Hall–Kier alpha value is -3.44. The molecule has 34 heavy (non-hydrogen) atoms. The van der Waals surface area contributed by atoms with Crippen LogP contribution in [0.4, 0.5) is 10.1 Å². The molecule has 0 aromatic heterocycles. The Balaban J connectivity index is 1.77. The van der Waals surface area contributed by atoms with Gasteiger partial charge in [0, 0.05) is 12.1 Å². The summed E-state index contributed by atoms with van der Waals surface area (Å²) in [6.45, 7) is 0. The molecular weight excluding hydrogens is 481 g/mol. The number of nitrogens with one attached hydrogen (secondary N) is 1. The molecule has 3 aromatic rings. The number of hydrogen-bond donors (Lipinski definition) is 1. The Morgan fingerprint density at radius 3 is 2.29 bits per heavy atom. The molecule has 8 nitrogen and oxygen atoms in total. The number of benzene rings is 3. The summed E-state index contributed by atoms with van der Waals surface area (Å²) >= 11 is 0. The van der Waals surface area contributed by atoms with Gasteiger partial charge >= 0.3 is 0 Å². The SMILES string of the molecule is COc1ccc([C@H]2CC(c3cccc(NS(C)(=O)=O)c3)=NN2S(=O)(=O)c2ccc(F)cc2)cc1. The molecule has 11 heteroatoms. The van der Waals surface area contributed by atoms with Crippen LogP contribution >= 0.6 is 0 Å². The molecule has 4 rings (SSSR count). The molecular formula is C23H22FN3O5S2. The van der Waals surface area contributed by atoms with Crippen molar-refractivity contribution in [2.45, 2.75) is 17.4 Å². The van der Waals surface area contributed by atoms with Crippen LogP contribution in [-0.4, -0.2) is 40.3 Å². The molecule has 0 saturated heterocycles. The molecule has 1 aliphatic rings. The second-order valence-corrected chi connectivity index (χ2v) is 11.3. The predicted molar refractivity (Wildman–Crippen MR) is 127 cm³/mol. The van der Waals surface area contributed by atoms with E-state index in [1.54, 1.807) is 48.5 Å². The monoisotopic (exact) mass is 503 g/mol. The third kappa shape index (κ3) is 5.05. The lowest BCUT2D eigenvalue weighted by Gasteiger charge is -2.23. The van der Waals surface area contributed by atoms with E-state index in [0.29, 0.717) is 28.3 Å². The number of anilines is 1. The van der Waals surface area contributed by atoms with E-state index in [1.807, 2.05) is 0 Å². The van der Waals surface area contributed by atoms with Gasteiger partial charge in [-0.1, -0.05) is 24.3 Å². The number of halogens is 1. The zero-order valence-corrected chi connectivity index (χ0v) is 20.0. The Labute approximate surface area is 197 Å². The minimum Gasteiger partial charge on any atom is -0.497 e. The second-order valence-electron chi connectivity index (χ2n) is 7.73. The molecule has 0 spiro atoms. The Kier molecular flexibility index (Phi) is 6.32. The number of sulfonamides is 2. The van der Waals surface area contributed by atoms with Gasteiger partial charge in [0.05, 0.1) is 30.0 Å².